The fourth-order valence-electron chi connectivity index (χ4n) is 1.75. The van der Waals surface area contributed by atoms with E-state index in [1.165, 1.54) is 0 Å². The van der Waals surface area contributed by atoms with Crippen molar-refractivity contribution in [1.82, 2.24) is 5.32 Å². The zero-order valence-electron chi connectivity index (χ0n) is 9.09. The quantitative estimate of drug-likeness (QED) is 0.888. The Bertz CT molecular complexity index is 398. The predicted molar refractivity (Wildman–Crippen MR) is 64.3 cm³/mol. The van der Waals surface area contributed by atoms with Gasteiger partial charge in [-0.25, -0.2) is 0 Å². The number of rotatable bonds is 2. The van der Waals surface area contributed by atoms with Crippen molar-refractivity contribution in [2.45, 2.75) is 19.3 Å². The van der Waals surface area contributed by atoms with Crippen molar-refractivity contribution >= 4 is 23.2 Å². The number of halogens is 2. The Labute approximate surface area is 105 Å². The van der Waals surface area contributed by atoms with Crippen LogP contribution in [0.2, 0.25) is 10.0 Å². The van der Waals surface area contributed by atoms with Crippen LogP contribution in [0.1, 0.15) is 18.6 Å². The highest BCUT2D eigenvalue weighted by Gasteiger charge is 2.25. The summed E-state index contributed by atoms with van der Waals surface area (Å²) in [6.45, 7) is 2.70. The lowest BCUT2D eigenvalue weighted by Gasteiger charge is -2.14. The van der Waals surface area contributed by atoms with E-state index in [0.717, 1.165) is 12.1 Å². The first kappa shape index (κ1) is 12.0. The molecule has 0 bridgehead atoms. The summed E-state index contributed by atoms with van der Waals surface area (Å²) < 4.78 is 10.8. The van der Waals surface area contributed by atoms with E-state index >= 15 is 0 Å². The summed E-state index contributed by atoms with van der Waals surface area (Å²) >= 11 is 12.2. The highest BCUT2D eigenvalue weighted by Crippen LogP contribution is 2.36. The number of methoxy groups -OCH3 is 1. The molecule has 88 valence electrons. The summed E-state index contributed by atoms with van der Waals surface area (Å²) in [6.07, 6.45) is -0.00662. The van der Waals surface area contributed by atoms with E-state index in [4.69, 9.17) is 32.7 Å². The van der Waals surface area contributed by atoms with E-state index in [2.05, 4.69) is 5.32 Å². The molecule has 0 radical (unpaired) electrons. The van der Waals surface area contributed by atoms with Crippen molar-refractivity contribution in [3.05, 3.63) is 27.7 Å². The summed E-state index contributed by atoms with van der Waals surface area (Å²) in [4.78, 5) is 0. The largest absolute Gasteiger partial charge is 0.495 e. The van der Waals surface area contributed by atoms with Crippen LogP contribution in [0.3, 0.4) is 0 Å². The molecule has 2 unspecified atom stereocenters. The molecular weight excluding hydrogens is 249 g/mol. The summed E-state index contributed by atoms with van der Waals surface area (Å²) in [6, 6.07) is 3.51. The molecule has 1 saturated heterocycles. The van der Waals surface area contributed by atoms with Crippen LogP contribution >= 0.6 is 23.2 Å². The van der Waals surface area contributed by atoms with Crippen LogP contribution in [-0.2, 0) is 4.74 Å². The molecule has 2 rings (SSSR count). The monoisotopic (exact) mass is 261 g/mol. The molecule has 0 amide bonds. The second-order valence-corrected chi connectivity index (χ2v) is 4.50. The molecule has 1 aromatic carbocycles. The van der Waals surface area contributed by atoms with Crippen molar-refractivity contribution in [1.29, 1.82) is 0 Å². The SMILES string of the molecule is COc1cc(Cl)c(C2CNC(C)O2)cc1Cl. The van der Waals surface area contributed by atoms with Gasteiger partial charge in [0.05, 0.1) is 23.3 Å². The standard InChI is InChI=1S/C11H13Cl2NO2/c1-6-14-5-11(16-6)7-3-9(13)10(15-2)4-8(7)12/h3-4,6,11,14H,5H2,1-2H3. The van der Waals surface area contributed by atoms with Crippen molar-refractivity contribution in [3.63, 3.8) is 0 Å². The van der Waals surface area contributed by atoms with Gasteiger partial charge in [-0.05, 0) is 13.0 Å². The Morgan fingerprint density at radius 1 is 1.38 bits per heavy atom. The molecule has 1 aliphatic heterocycles. The van der Waals surface area contributed by atoms with Crippen LogP contribution in [0.5, 0.6) is 5.75 Å². The maximum absolute atomic E-state index is 6.16. The molecule has 3 nitrogen and oxygen atoms in total. The van der Waals surface area contributed by atoms with Crippen LogP contribution in [0, 0.1) is 0 Å². The molecule has 1 N–H and O–H groups in total. The van der Waals surface area contributed by atoms with Crippen molar-refractivity contribution in [2.75, 3.05) is 13.7 Å². The minimum atomic E-state index is -0.0501. The molecule has 0 aromatic heterocycles. The van der Waals surface area contributed by atoms with E-state index in [0.29, 0.717) is 15.8 Å². The van der Waals surface area contributed by atoms with E-state index in [1.807, 2.05) is 6.92 Å². The predicted octanol–water partition coefficient (Wildman–Crippen LogP) is 3.01. The smallest absolute Gasteiger partial charge is 0.138 e. The van der Waals surface area contributed by atoms with Gasteiger partial charge in [-0.3, -0.25) is 5.32 Å². The molecular formula is C11H13Cl2NO2. The van der Waals surface area contributed by atoms with Gasteiger partial charge in [-0.2, -0.15) is 0 Å². The molecule has 0 spiro atoms. The van der Waals surface area contributed by atoms with Gasteiger partial charge in [-0.15, -0.1) is 0 Å². The average molecular weight is 262 g/mol. The third-order valence-corrected chi connectivity index (χ3v) is 3.20. The third-order valence-electron chi connectivity index (χ3n) is 2.58. The molecule has 2 atom stereocenters. The van der Waals surface area contributed by atoms with E-state index in [1.54, 1.807) is 19.2 Å². The Balaban J connectivity index is 2.31. The molecule has 0 saturated carbocycles. The van der Waals surface area contributed by atoms with Crippen LogP contribution in [0.15, 0.2) is 12.1 Å². The Morgan fingerprint density at radius 2 is 2.12 bits per heavy atom. The van der Waals surface area contributed by atoms with Crippen molar-refractivity contribution < 1.29 is 9.47 Å². The zero-order chi connectivity index (χ0) is 11.7. The fourth-order valence-corrected chi connectivity index (χ4v) is 2.27. The second kappa shape index (κ2) is 4.80. The summed E-state index contributed by atoms with van der Waals surface area (Å²) in [5.41, 5.74) is 0.893. The summed E-state index contributed by atoms with van der Waals surface area (Å²) in [5, 5.41) is 4.35. The number of hydrogen-bond acceptors (Lipinski definition) is 3. The summed E-state index contributed by atoms with van der Waals surface area (Å²) in [5.74, 6) is 0.578. The van der Waals surface area contributed by atoms with Gasteiger partial charge in [0.25, 0.3) is 0 Å². The minimum absolute atomic E-state index is 0.0435. The van der Waals surface area contributed by atoms with Gasteiger partial charge in [0, 0.05) is 18.2 Å². The first-order valence-corrected chi connectivity index (χ1v) is 5.79. The van der Waals surface area contributed by atoms with Gasteiger partial charge < -0.3 is 9.47 Å². The molecule has 5 heteroatoms. The number of benzene rings is 1. The van der Waals surface area contributed by atoms with Gasteiger partial charge in [0.2, 0.25) is 0 Å². The Kier molecular flexibility index (Phi) is 3.60. The Hall–Kier alpha value is -0.480. The summed E-state index contributed by atoms with van der Waals surface area (Å²) in [7, 11) is 1.56. The second-order valence-electron chi connectivity index (χ2n) is 3.68. The average Bonchev–Trinajstić information content (AvgIpc) is 2.67. The van der Waals surface area contributed by atoms with Crippen LogP contribution in [-0.4, -0.2) is 19.9 Å². The van der Waals surface area contributed by atoms with E-state index in [9.17, 15) is 0 Å². The zero-order valence-corrected chi connectivity index (χ0v) is 10.6. The number of ether oxygens (including phenoxy) is 2. The van der Waals surface area contributed by atoms with Gasteiger partial charge in [0.1, 0.15) is 12.0 Å². The van der Waals surface area contributed by atoms with Gasteiger partial charge >= 0.3 is 0 Å². The minimum Gasteiger partial charge on any atom is -0.495 e. The first-order chi connectivity index (χ1) is 7.61. The molecule has 1 aromatic rings. The number of nitrogens with one attached hydrogen (secondary N) is 1. The van der Waals surface area contributed by atoms with E-state index < -0.39 is 0 Å². The molecule has 16 heavy (non-hydrogen) atoms. The molecule has 1 aliphatic rings. The lowest BCUT2D eigenvalue weighted by Crippen LogP contribution is -2.17. The van der Waals surface area contributed by atoms with Crippen LogP contribution in [0.25, 0.3) is 0 Å². The fraction of sp³-hybridized carbons (Fsp3) is 0.455. The maximum Gasteiger partial charge on any atom is 0.138 e. The first-order valence-electron chi connectivity index (χ1n) is 5.03. The molecule has 1 fully saturated rings. The van der Waals surface area contributed by atoms with Crippen LogP contribution in [0.4, 0.5) is 0 Å². The Morgan fingerprint density at radius 3 is 2.69 bits per heavy atom. The van der Waals surface area contributed by atoms with Crippen molar-refractivity contribution in [2.24, 2.45) is 0 Å². The maximum atomic E-state index is 6.16. The third kappa shape index (κ3) is 2.28. The van der Waals surface area contributed by atoms with Gasteiger partial charge in [0.15, 0.2) is 0 Å². The highest BCUT2D eigenvalue weighted by atomic mass is 35.5. The van der Waals surface area contributed by atoms with Crippen LogP contribution < -0.4 is 10.1 Å². The lowest BCUT2D eigenvalue weighted by molar-refractivity contribution is 0.0530. The van der Waals surface area contributed by atoms with Gasteiger partial charge in [-0.1, -0.05) is 23.2 Å². The van der Waals surface area contributed by atoms with Crippen molar-refractivity contribution in [3.8, 4) is 5.75 Å². The highest BCUT2D eigenvalue weighted by molar-refractivity contribution is 6.34. The lowest BCUT2D eigenvalue weighted by atomic mass is 10.1. The molecule has 1 heterocycles. The molecule has 0 aliphatic carbocycles. The van der Waals surface area contributed by atoms with E-state index in [-0.39, 0.29) is 12.3 Å². The normalized spacial score (nSPS) is 24.8. The topological polar surface area (TPSA) is 30.5 Å². The number of hydrogen-bond donors (Lipinski definition) is 1.